The first-order valence-electron chi connectivity index (χ1n) is 8.72. The third-order valence-corrected chi connectivity index (χ3v) is 5.64. The minimum atomic E-state index is -0.699. The fourth-order valence-corrected chi connectivity index (χ4v) is 4.05. The SMILES string of the molecule is Cc1cc(N2C(=O)c3oc4ccc(Cl)cc4c(=O)c3[C@H]2c2ccc(Br)cc2)no1. The number of fused-ring (bicyclic) bond motifs is 2. The predicted molar refractivity (Wildman–Crippen MR) is 112 cm³/mol. The average molecular weight is 472 g/mol. The van der Waals surface area contributed by atoms with Gasteiger partial charge in [-0.05, 0) is 42.8 Å². The summed E-state index contributed by atoms with van der Waals surface area (Å²) in [4.78, 5) is 28.1. The third kappa shape index (κ3) is 2.81. The lowest BCUT2D eigenvalue weighted by Crippen LogP contribution is -2.29. The van der Waals surface area contributed by atoms with Crippen molar-refractivity contribution in [1.82, 2.24) is 5.16 Å². The molecule has 4 aromatic rings. The number of aryl methyl sites for hydroxylation is 1. The summed E-state index contributed by atoms with van der Waals surface area (Å²) in [6, 6.07) is 13.1. The van der Waals surface area contributed by atoms with Crippen LogP contribution in [-0.2, 0) is 0 Å². The van der Waals surface area contributed by atoms with E-state index in [0.29, 0.717) is 27.6 Å². The third-order valence-electron chi connectivity index (χ3n) is 4.88. The van der Waals surface area contributed by atoms with Crippen molar-refractivity contribution in [2.45, 2.75) is 13.0 Å². The number of hydrogen-bond donors (Lipinski definition) is 0. The van der Waals surface area contributed by atoms with E-state index >= 15 is 0 Å². The molecule has 0 saturated heterocycles. The van der Waals surface area contributed by atoms with Gasteiger partial charge >= 0.3 is 0 Å². The normalized spacial score (nSPS) is 15.9. The Kier molecular flexibility index (Phi) is 4.11. The van der Waals surface area contributed by atoms with E-state index in [9.17, 15) is 9.59 Å². The molecule has 0 radical (unpaired) electrons. The number of hydrogen-bond acceptors (Lipinski definition) is 5. The first kappa shape index (κ1) is 18.1. The lowest BCUT2D eigenvalue weighted by Gasteiger charge is -2.22. The van der Waals surface area contributed by atoms with Crippen LogP contribution < -0.4 is 10.3 Å². The fraction of sp³-hybridized carbons (Fsp3) is 0.0952. The zero-order valence-corrected chi connectivity index (χ0v) is 17.3. The minimum Gasteiger partial charge on any atom is -0.450 e. The molecule has 0 spiro atoms. The number of amides is 1. The molecule has 5 rings (SSSR count). The van der Waals surface area contributed by atoms with Crippen molar-refractivity contribution >= 4 is 50.2 Å². The molecule has 6 nitrogen and oxygen atoms in total. The van der Waals surface area contributed by atoms with Gasteiger partial charge in [0.1, 0.15) is 11.3 Å². The Balaban J connectivity index is 1.83. The van der Waals surface area contributed by atoms with Crippen molar-refractivity contribution in [3.05, 3.63) is 90.9 Å². The van der Waals surface area contributed by atoms with Crippen LogP contribution in [0.15, 0.2) is 66.7 Å². The largest absolute Gasteiger partial charge is 0.450 e. The van der Waals surface area contributed by atoms with Crippen LogP contribution in [0.5, 0.6) is 0 Å². The average Bonchev–Trinajstić information content (AvgIpc) is 3.25. The second-order valence-corrected chi connectivity index (χ2v) is 8.09. The van der Waals surface area contributed by atoms with Gasteiger partial charge in [0.2, 0.25) is 5.76 Å². The zero-order chi connectivity index (χ0) is 20.3. The van der Waals surface area contributed by atoms with Gasteiger partial charge in [-0.1, -0.05) is 44.8 Å². The van der Waals surface area contributed by atoms with Gasteiger partial charge in [0.05, 0.1) is 17.0 Å². The second kappa shape index (κ2) is 6.57. The van der Waals surface area contributed by atoms with E-state index in [2.05, 4.69) is 21.1 Å². The van der Waals surface area contributed by atoms with Crippen molar-refractivity contribution in [3.8, 4) is 0 Å². The van der Waals surface area contributed by atoms with Gasteiger partial charge in [-0.15, -0.1) is 0 Å². The molecule has 144 valence electrons. The summed E-state index contributed by atoms with van der Waals surface area (Å²) in [5.41, 5.74) is 1.01. The van der Waals surface area contributed by atoms with Crippen LogP contribution in [0.4, 0.5) is 5.82 Å². The molecule has 1 amide bonds. The van der Waals surface area contributed by atoms with Gasteiger partial charge < -0.3 is 8.94 Å². The molecule has 0 aliphatic carbocycles. The number of rotatable bonds is 2. The topological polar surface area (TPSA) is 76.6 Å². The van der Waals surface area contributed by atoms with E-state index in [0.717, 1.165) is 10.0 Å². The number of benzene rings is 2. The van der Waals surface area contributed by atoms with E-state index in [1.54, 1.807) is 31.2 Å². The highest BCUT2D eigenvalue weighted by Crippen LogP contribution is 2.41. The van der Waals surface area contributed by atoms with Gasteiger partial charge in [-0.25, -0.2) is 0 Å². The Morgan fingerprint density at radius 1 is 1.10 bits per heavy atom. The maximum atomic E-state index is 13.4. The molecule has 1 aliphatic heterocycles. The van der Waals surface area contributed by atoms with Crippen LogP contribution in [0.1, 0.15) is 33.5 Å². The van der Waals surface area contributed by atoms with Crippen molar-refractivity contribution in [3.63, 3.8) is 0 Å². The van der Waals surface area contributed by atoms with E-state index in [4.69, 9.17) is 20.5 Å². The Labute approximate surface area is 177 Å². The molecular formula is C21H12BrClN2O4. The number of carbonyl (C=O) groups is 1. The van der Waals surface area contributed by atoms with E-state index in [1.807, 2.05) is 24.3 Å². The smallest absolute Gasteiger partial charge is 0.296 e. The van der Waals surface area contributed by atoms with Crippen LogP contribution in [0.2, 0.25) is 5.02 Å². The van der Waals surface area contributed by atoms with Gasteiger partial charge in [0.25, 0.3) is 5.91 Å². The maximum Gasteiger partial charge on any atom is 0.296 e. The first-order chi connectivity index (χ1) is 13.9. The summed E-state index contributed by atoms with van der Waals surface area (Å²) in [7, 11) is 0. The summed E-state index contributed by atoms with van der Waals surface area (Å²) in [6.45, 7) is 1.73. The van der Waals surface area contributed by atoms with Crippen LogP contribution in [0, 0.1) is 6.92 Å². The molecule has 1 aliphatic rings. The van der Waals surface area contributed by atoms with Crippen molar-refractivity contribution in [2.24, 2.45) is 0 Å². The molecular weight excluding hydrogens is 460 g/mol. The first-order valence-corrected chi connectivity index (χ1v) is 9.90. The summed E-state index contributed by atoms with van der Waals surface area (Å²) in [5.74, 6) is 0.413. The lowest BCUT2D eigenvalue weighted by molar-refractivity contribution is 0.0969. The molecule has 2 aromatic carbocycles. The Morgan fingerprint density at radius 3 is 2.55 bits per heavy atom. The molecule has 0 bridgehead atoms. The Bertz CT molecular complexity index is 1340. The summed E-state index contributed by atoms with van der Waals surface area (Å²) >= 11 is 9.50. The van der Waals surface area contributed by atoms with Crippen LogP contribution >= 0.6 is 27.5 Å². The maximum absolute atomic E-state index is 13.4. The highest BCUT2D eigenvalue weighted by atomic mass is 79.9. The van der Waals surface area contributed by atoms with E-state index < -0.39 is 11.9 Å². The molecule has 0 saturated carbocycles. The van der Waals surface area contributed by atoms with Gasteiger partial charge in [0.15, 0.2) is 11.2 Å². The summed E-state index contributed by atoms with van der Waals surface area (Å²) in [5, 5.41) is 4.73. The number of aromatic nitrogens is 1. The molecule has 0 unspecified atom stereocenters. The minimum absolute atomic E-state index is 0.00149. The van der Waals surface area contributed by atoms with Crippen LogP contribution in [0.25, 0.3) is 11.0 Å². The highest BCUT2D eigenvalue weighted by Gasteiger charge is 2.44. The number of nitrogens with zero attached hydrogens (tertiary/aromatic N) is 2. The molecule has 1 atom stereocenters. The summed E-state index contributed by atoms with van der Waals surface area (Å²) < 4.78 is 11.9. The number of anilines is 1. The van der Waals surface area contributed by atoms with E-state index in [1.165, 1.54) is 4.90 Å². The number of halogens is 2. The molecule has 29 heavy (non-hydrogen) atoms. The molecule has 0 N–H and O–H groups in total. The molecule has 0 fully saturated rings. The Morgan fingerprint density at radius 2 is 1.86 bits per heavy atom. The zero-order valence-electron chi connectivity index (χ0n) is 15.0. The Hall–Kier alpha value is -2.90. The van der Waals surface area contributed by atoms with Crippen molar-refractivity contribution in [1.29, 1.82) is 0 Å². The van der Waals surface area contributed by atoms with Gasteiger partial charge in [-0.3, -0.25) is 14.5 Å². The van der Waals surface area contributed by atoms with Crippen LogP contribution in [-0.4, -0.2) is 11.1 Å². The second-order valence-electron chi connectivity index (χ2n) is 6.74. The quantitative estimate of drug-likeness (QED) is 0.399. The van der Waals surface area contributed by atoms with Gasteiger partial charge in [-0.2, -0.15) is 0 Å². The van der Waals surface area contributed by atoms with Gasteiger partial charge in [0, 0.05) is 15.6 Å². The lowest BCUT2D eigenvalue weighted by atomic mass is 9.98. The molecule has 3 heterocycles. The van der Waals surface area contributed by atoms with E-state index in [-0.39, 0.29) is 16.8 Å². The summed E-state index contributed by atoms with van der Waals surface area (Å²) in [6.07, 6.45) is 0. The van der Waals surface area contributed by atoms with Crippen LogP contribution in [0.3, 0.4) is 0 Å². The molecule has 8 heteroatoms. The predicted octanol–water partition coefficient (Wildman–Crippen LogP) is 5.26. The highest BCUT2D eigenvalue weighted by molar-refractivity contribution is 9.10. The van der Waals surface area contributed by atoms with Crippen molar-refractivity contribution < 1.29 is 13.7 Å². The standard InChI is InChI=1S/C21H12BrClN2O4/c1-10-8-16(24-29-10)25-18(11-2-4-12(22)5-3-11)17-19(26)14-9-13(23)6-7-15(14)28-20(17)21(25)27/h2-9,18H,1H3/t18-/m1/s1. The fourth-order valence-electron chi connectivity index (χ4n) is 3.61. The van der Waals surface area contributed by atoms with Crippen molar-refractivity contribution in [2.75, 3.05) is 4.90 Å². The molecule has 2 aromatic heterocycles. The monoisotopic (exact) mass is 470 g/mol. The number of carbonyl (C=O) groups excluding carboxylic acids is 1.